The molecule has 1 aliphatic rings. The van der Waals surface area contributed by atoms with E-state index in [9.17, 15) is 4.79 Å². The van der Waals surface area contributed by atoms with Gasteiger partial charge >= 0.3 is 0 Å². The fourth-order valence-corrected chi connectivity index (χ4v) is 2.95. The number of hydrogen-bond acceptors (Lipinski definition) is 2. The Morgan fingerprint density at radius 3 is 2.70 bits per heavy atom. The van der Waals surface area contributed by atoms with Gasteiger partial charge in [0, 0.05) is 18.9 Å². The summed E-state index contributed by atoms with van der Waals surface area (Å²) in [5.41, 5.74) is 1.72. The van der Waals surface area contributed by atoms with Crippen LogP contribution in [0.15, 0.2) is 48.8 Å². The normalized spacial score (nSPS) is 18.2. The molecule has 0 aliphatic carbocycles. The Morgan fingerprint density at radius 2 is 1.95 bits per heavy atom. The first-order chi connectivity index (χ1) is 9.77. The number of carbonyl (C=O) groups excluding carboxylic acids is 1. The summed E-state index contributed by atoms with van der Waals surface area (Å²) < 4.78 is 0. The summed E-state index contributed by atoms with van der Waals surface area (Å²) in [4.78, 5) is 18.6. The molecule has 2 heterocycles. The summed E-state index contributed by atoms with van der Waals surface area (Å²) >= 11 is 6.13. The van der Waals surface area contributed by atoms with Crippen molar-refractivity contribution in [3.8, 4) is 0 Å². The van der Waals surface area contributed by atoms with Gasteiger partial charge in [0.1, 0.15) is 0 Å². The highest BCUT2D eigenvalue weighted by Crippen LogP contribution is 2.33. The molecule has 2 aromatic rings. The molecule has 0 bridgehead atoms. The van der Waals surface area contributed by atoms with Crippen LogP contribution in [0.3, 0.4) is 0 Å². The molecule has 1 aromatic heterocycles. The SMILES string of the molecule is O=C(c1ccccc1Cl)N1CCCC1c1ccncc1. The van der Waals surface area contributed by atoms with Gasteiger partial charge in [-0.05, 0) is 42.7 Å². The average Bonchev–Trinajstić information content (AvgIpc) is 2.97. The van der Waals surface area contributed by atoms with E-state index in [0.29, 0.717) is 10.6 Å². The van der Waals surface area contributed by atoms with Crippen molar-refractivity contribution >= 4 is 17.5 Å². The second kappa shape index (κ2) is 5.63. The molecule has 1 unspecified atom stereocenters. The minimum absolute atomic E-state index is 0.00918. The third-order valence-electron chi connectivity index (χ3n) is 3.71. The van der Waals surface area contributed by atoms with Gasteiger partial charge in [0.25, 0.3) is 5.91 Å². The van der Waals surface area contributed by atoms with E-state index in [-0.39, 0.29) is 11.9 Å². The lowest BCUT2D eigenvalue weighted by molar-refractivity contribution is 0.0736. The van der Waals surface area contributed by atoms with Crippen molar-refractivity contribution in [1.82, 2.24) is 9.88 Å². The summed E-state index contributed by atoms with van der Waals surface area (Å²) in [6.45, 7) is 0.775. The largest absolute Gasteiger partial charge is 0.332 e. The van der Waals surface area contributed by atoms with Crippen LogP contribution in [-0.4, -0.2) is 22.3 Å². The third kappa shape index (κ3) is 2.41. The topological polar surface area (TPSA) is 33.2 Å². The molecule has 3 nitrogen and oxygen atoms in total. The van der Waals surface area contributed by atoms with E-state index in [4.69, 9.17) is 11.6 Å². The molecule has 1 amide bonds. The number of rotatable bonds is 2. The molecule has 0 radical (unpaired) electrons. The highest BCUT2D eigenvalue weighted by Gasteiger charge is 2.31. The number of pyridine rings is 1. The van der Waals surface area contributed by atoms with Crippen molar-refractivity contribution in [1.29, 1.82) is 0 Å². The Bertz CT molecular complexity index is 615. The first-order valence-corrected chi connectivity index (χ1v) is 7.10. The van der Waals surface area contributed by atoms with Crippen molar-refractivity contribution in [2.75, 3.05) is 6.54 Å². The number of benzene rings is 1. The van der Waals surface area contributed by atoms with E-state index in [0.717, 1.165) is 24.9 Å². The van der Waals surface area contributed by atoms with Crippen molar-refractivity contribution in [2.45, 2.75) is 18.9 Å². The maximum absolute atomic E-state index is 12.7. The maximum Gasteiger partial charge on any atom is 0.255 e. The molecule has 0 N–H and O–H groups in total. The Balaban J connectivity index is 1.90. The first-order valence-electron chi connectivity index (χ1n) is 6.73. The minimum atomic E-state index is 0.00918. The average molecular weight is 287 g/mol. The smallest absolute Gasteiger partial charge is 0.255 e. The molecule has 1 fully saturated rings. The fraction of sp³-hybridized carbons (Fsp3) is 0.250. The molecule has 3 rings (SSSR count). The molecule has 0 spiro atoms. The second-order valence-electron chi connectivity index (χ2n) is 4.92. The molecule has 1 aliphatic heterocycles. The molecule has 102 valence electrons. The highest BCUT2D eigenvalue weighted by atomic mass is 35.5. The number of aromatic nitrogens is 1. The van der Waals surface area contributed by atoms with E-state index in [1.807, 2.05) is 29.2 Å². The van der Waals surface area contributed by atoms with Gasteiger partial charge in [-0.15, -0.1) is 0 Å². The van der Waals surface area contributed by atoms with Gasteiger partial charge < -0.3 is 4.90 Å². The number of amides is 1. The summed E-state index contributed by atoms with van der Waals surface area (Å²) in [6.07, 6.45) is 5.54. The number of nitrogens with zero attached hydrogens (tertiary/aromatic N) is 2. The van der Waals surface area contributed by atoms with E-state index >= 15 is 0 Å². The lowest BCUT2D eigenvalue weighted by Crippen LogP contribution is -2.30. The molecule has 4 heteroatoms. The maximum atomic E-state index is 12.7. The number of halogens is 1. The predicted octanol–water partition coefficient (Wildman–Crippen LogP) is 3.71. The quantitative estimate of drug-likeness (QED) is 0.843. The van der Waals surface area contributed by atoms with Gasteiger partial charge in [-0.2, -0.15) is 0 Å². The van der Waals surface area contributed by atoms with E-state index in [2.05, 4.69) is 4.98 Å². The van der Waals surface area contributed by atoms with Crippen LogP contribution in [0.4, 0.5) is 0 Å². The summed E-state index contributed by atoms with van der Waals surface area (Å²) in [7, 11) is 0. The Hall–Kier alpha value is -1.87. The van der Waals surface area contributed by atoms with Gasteiger partial charge in [-0.1, -0.05) is 23.7 Å². The van der Waals surface area contributed by atoms with Crippen LogP contribution in [0.2, 0.25) is 5.02 Å². The number of carbonyl (C=O) groups is 1. The Labute approximate surface area is 123 Å². The van der Waals surface area contributed by atoms with Crippen LogP contribution in [0.5, 0.6) is 0 Å². The summed E-state index contributed by atoms with van der Waals surface area (Å²) in [5, 5.41) is 0.512. The molecule has 1 saturated heterocycles. The zero-order valence-electron chi connectivity index (χ0n) is 11.0. The standard InChI is InChI=1S/C16H15ClN2O/c17-14-5-2-1-4-13(14)16(20)19-11-3-6-15(19)12-7-9-18-10-8-12/h1-2,4-5,7-10,15H,3,6,11H2. The van der Waals surface area contributed by atoms with Crippen molar-refractivity contribution in [3.05, 3.63) is 64.9 Å². The minimum Gasteiger partial charge on any atom is -0.332 e. The van der Waals surface area contributed by atoms with E-state index in [1.54, 1.807) is 24.5 Å². The number of likely N-dealkylation sites (tertiary alicyclic amines) is 1. The van der Waals surface area contributed by atoms with Crippen molar-refractivity contribution in [3.63, 3.8) is 0 Å². The molecular weight excluding hydrogens is 272 g/mol. The van der Waals surface area contributed by atoms with E-state index in [1.165, 1.54) is 0 Å². The lowest BCUT2D eigenvalue weighted by Gasteiger charge is -2.25. The van der Waals surface area contributed by atoms with Gasteiger partial charge in [-0.3, -0.25) is 9.78 Å². The summed E-state index contributed by atoms with van der Waals surface area (Å²) in [5.74, 6) is 0.00918. The van der Waals surface area contributed by atoms with E-state index < -0.39 is 0 Å². The van der Waals surface area contributed by atoms with Gasteiger partial charge in [0.15, 0.2) is 0 Å². The molecule has 0 saturated carbocycles. The van der Waals surface area contributed by atoms with Crippen LogP contribution in [-0.2, 0) is 0 Å². The van der Waals surface area contributed by atoms with Crippen LogP contribution >= 0.6 is 11.6 Å². The molecular formula is C16H15ClN2O. The van der Waals surface area contributed by atoms with Crippen molar-refractivity contribution < 1.29 is 4.79 Å². The fourth-order valence-electron chi connectivity index (χ4n) is 2.73. The van der Waals surface area contributed by atoms with Gasteiger partial charge in [-0.25, -0.2) is 0 Å². The molecule has 1 aromatic carbocycles. The second-order valence-corrected chi connectivity index (χ2v) is 5.32. The number of hydrogen-bond donors (Lipinski definition) is 0. The van der Waals surface area contributed by atoms with Crippen LogP contribution < -0.4 is 0 Å². The van der Waals surface area contributed by atoms with Crippen LogP contribution in [0.25, 0.3) is 0 Å². The van der Waals surface area contributed by atoms with Crippen LogP contribution in [0.1, 0.15) is 34.8 Å². The van der Waals surface area contributed by atoms with Gasteiger partial charge in [0.05, 0.1) is 16.6 Å². The Morgan fingerprint density at radius 1 is 1.20 bits per heavy atom. The highest BCUT2D eigenvalue weighted by molar-refractivity contribution is 6.33. The van der Waals surface area contributed by atoms with Crippen LogP contribution in [0, 0.1) is 0 Å². The lowest BCUT2D eigenvalue weighted by atomic mass is 10.1. The van der Waals surface area contributed by atoms with Gasteiger partial charge in [0.2, 0.25) is 0 Å². The predicted molar refractivity (Wildman–Crippen MR) is 78.7 cm³/mol. The Kier molecular flexibility index (Phi) is 3.70. The third-order valence-corrected chi connectivity index (χ3v) is 4.04. The molecule has 1 atom stereocenters. The zero-order chi connectivity index (χ0) is 13.9. The summed E-state index contributed by atoms with van der Waals surface area (Å²) in [6, 6.07) is 11.3. The van der Waals surface area contributed by atoms with Crippen molar-refractivity contribution in [2.24, 2.45) is 0 Å². The first kappa shape index (κ1) is 13.1. The monoisotopic (exact) mass is 286 g/mol. The zero-order valence-corrected chi connectivity index (χ0v) is 11.8. The molecule has 20 heavy (non-hydrogen) atoms.